The van der Waals surface area contributed by atoms with Crippen LogP contribution in [-0.4, -0.2) is 22.0 Å². The summed E-state index contributed by atoms with van der Waals surface area (Å²) < 4.78 is 24.3. The molecule has 0 fully saturated rings. The molecule has 0 aliphatic heterocycles. The fraction of sp³-hybridized carbons (Fsp3) is 0.167. The van der Waals surface area contributed by atoms with Crippen LogP contribution in [0.15, 0.2) is 59.5 Å². The van der Waals surface area contributed by atoms with Gasteiger partial charge in [0.2, 0.25) is 0 Å². The van der Waals surface area contributed by atoms with Gasteiger partial charge < -0.3 is 14.5 Å². The Morgan fingerprint density at radius 3 is 2.80 bits per heavy atom. The van der Waals surface area contributed by atoms with Gasteiger partial charge in [-0.25, -0.2) is 9.37 Å². The molecule has 0 saturated carbocycles. The second kappa shape index (κ2) is 7.57. The number of amides is 1. The average Bonchev–Trinajstić information content (AvgIpc) is 3.16. The minimum atomic E-state index is -0.861. The lowest BCUT2D eigenvalue weighted by molar-refractivity contribution is -0.127. The summed E-state index contributed by atoms with van der Waals surface area (Å²) in [5.41, 5.74) is 1.11. The van der Waals surface area contributed by atoms with E-state index in [1.165, 1.54) is 24.6 Å². The van der Waals surface area contributed by atoms with Crippen LogP contribution in [0.25, 0.3) is 11.5 Å². The number of benzene rings is 1. The number of furan rings is 1. The highest BCUT2D eigenvalue weighted by Crippen LogP contribution is 2.20. The second-order valence-electron chi connectivity index (χ2n) is 5.24. The van der Waals surface area contributed by atoms with Gasteiger partial charge in [-0.05, 0) is 31.2 Å². The van der Waals surface area contributed by atoms with E-state index in [2.05, 4.69) is 15.3 Å². The van der Waals surface area contributed by atoms with Crippen molar-refractivity contribution < 1.29 is 18.3 Å². The van der Waals surface area contributed by atoms with Crippen molar-refractivity contribution in [2.24, 2.45) is 0 Å². The first-order valence-corrected chi connectivity index (χ1v) is 7.68. The molecule has 128 valence electrons. The molecule has 2 heterocycles. The smallest absolute Gasteiger partial charge is 0.261 e. The van der Waals surface area contributed by atoms with Crippen LogP contribution in [0.5, 0.6) is 5.75 Å². The predicted molar refractivity (Wildman–Crippen MR) is 88.1 cm³/mol. The first kappa shape index (κ1) is 16.6. The van der Waals surface area contributed by atoms with Gasteiger partial charge >= 0.3 is 0 Å². The van der Waals surface area contributed by atoms with Crippen molar-refractivity contribution in [2.75, 3.05) is 0 Å². The number of carbonyl (C=O) groups is 1. The number of aromatic nitrogens is 2. The van der Waals surface area contributed by atoms with Crippen molar-refractivity contribution in [1.29, 1.82) is 0 Å². The molecule has 25 heavy (non-hydrogen) atoms. The maximum Gasteiger partial charge on any atom is 0.261 e. The predicted octanol–water partition coefficient (Wildman–Crippen LogP) is 2.96. The summed E-state index contributed by atoms with van der Waals surface area (Å²) >= 11 is 0. The largest absolute Gasteiger partial charge is 0.478 e. The highest BCUT2D eigenvalue weighted by atomic mass is 19.1. The number of halogens is 1. The summed E-state index contributed by atoms with van der Waals surface area (Å²) in [6.07, 6.45) is 3.76. The van der Waals surface area contributed by atoms with Gasteiger partial charge in [-0.15, -0.1) is 0 Å². The highest BCUT2D eigenvalue weighted by molar-refractivity contribution is 5.80. The van der Waals surface area contributed by atoms with E-state index in [4.69, 9.17) is 9.15 Å². The Morgan fingerprint density at radius 1 is 1.24 bits per heavy atom. The minimum absolute atomic E-state index is 0.0286. The van der Waals surface area contributed by atoms with Crippen molar-refractivity contribution in [3.63, 3.8) is 0 Å². The summed E-state index contributed by atoms with van der Waals surface area (Å²) in [5.74, 6) is -0.315. The van der Waals surface area contributed by atoms with Gasteiger partial charge in [-0.3, -0.25) is 9.78 Å². The van der Waals surface area contributed by atoms with Crippen LogP contribution in [-0.2, 0) is 11.3 Å². The molecule has 2 aromatic heterocycles. The van der Waals surface area contributed by atoms with Crippen molar-refractivity contribution in [3.8, 4) is 17.2 Å². The molecule has 6 nitrogen and oxygen atoms in total. The molecule has 3 aromatic rings. The van der Waals surface area contributed by atoms with E-state index >= 15 is 0 Å². The molecule has 1 atom stereocenters. The van der Waals surface area contributed by atoms with Crippen molar-refractivity contribution >= 4 is 5.91 Å². The lowest BCUT2D eigenvalue weighted by Gasteiger charge is -2.15. The zero-order chi connectivity index (χ0) is 17.6. The van der Waals surface area contributed by atoms with E-state index in [1.807, 2.05) is 0 Å². The number of para-hydroxylation sites is 1. The van der Waals surface area contributed by atoms with Crippen LogP contribution in [0.4, 0.5) is 4.39 Å². The topological polar surface area (TPSA) is 77.2 Å². The number of nitrogens with zero attached hydrogens (tertiary/aromatic N) is 2. The average molecular weight is 341 g/mol. The molecule has 0 aliphatic carbocycles. The Bertz CT molecular complexity index is 852. The number of nitrogens with one attached hydrogen (secondary N) is 1. The highest BCUT2D eigenvalue weighted by Gasteiger charge is 2.18. The van der Waals surface area contributed by atoms with E-state index in [0.29, 0.717) is 17.1 Å². The van der Waals surface area contributed by atoms with Crippen LogP contribution in [0, 0.1) is 5.82 Å². The monoisotopic (exact) mass is 341 g/mol. The van der Waals surface area contributed by atoms with E-state index in [-0.39, 0.29) is 18.2 Å². The molecule has 0 bridgehead atoms. The Labute approximate surface area is 143 Å². The zero-order valence-electron chi connectivity index (χ0n) is 13.5. The fourth-order valence-corrected chi connectivity index (χ4v) is 2.21. The first-order valence-electron chi connectivity index (χ1n) is 7.68. The molecule has 0 saturated heterocycles. The van der Waals surface area contributed by atoms with Crippen LogP contribution < -0.4 is 10.1 Å². The van der Waals surface area contributed by atoms with Gasteiger partial charge in [0, 0.05) is 12.4 Å². The van der Waals surface area contributed by atoms with E-state index in [9.17, 15) is 9.18 Å². The summed E-state index contributed by atoms with van der Waals surface area (Å²) in [5, 5.41) is 2.71. The van der Waals surface area contributed by atoms with Gasteiger partial charge in [0.25, 0.3) is 5.91 Å². The number of hydrogen-bond donors (Lipinski definition) is 1. The summed E-state index contributed by atoms with van der Waals surface area (Å²) in [6, 6.07) is 9.44. The summed E-state index contributed by atoms with van der Waals surface area (Å²) in [6.45, 7) is 1.69. The Balaban J connectivity index is 1.64. The first-order chi connectivity index (χ1) is 12.1. The third kappa shape index (κ3) is 4.00. The minimum Gasteiger partial charge on any atom is -0.478 e. The Hall–Kier alpha value is -3.22. The molecule has 0 unspecified atom stereocenters. The fourth-order valence-electron chi connectivity index (χ4n) is 2.21. The number of carbonyl (C=O) groups excluding carboxylic acids is 1. The lowest BCUT2D eigenvalue weighted by Crippen LogP contribution is -2.36. The number of ether oxygens (including phenoxy) is 1. The third-order valence-electron chi connectivity index (χ3n) is 3.47. The molecular weight excluding hydrogens is 325 g/mol. The molecule has 3 rings (SSSR count). The van der Waals surface area contributed by atoms with Crippen molar-refractivity contribution in [3.05, 3.63) is 66.6 Å². The van der Waals surface area contributed by atoms with Crippen LogP contribution in [0.2, 0.25) is 0 Å². The van der Waals surface area contributed by atoms with Crippen LogP contribution in [0.3, 0.4) is 0 Å². The maximum absolute atomic E-state index is 13.6. The Morgan fingerprint density at radius 2 is 2.04 bits per heavy atom. The number of hydrogen-bond acceptors (Lipinski definition) is 5. The summed E-state index contributed by atoms with van der Waals surface area (Å²) in [7, 11) is 0. The van der Waals surface area contributed by atoms with Crippen LogP contribution in [0.1, 0.15) is 12.6 Å². The second-order valence-corrected chi connectivity index (χ2v) is 5.24. The summed E-state index contributed by atoms with van der Waals surface area (Å²) in [4.78, 5) is 20.7. The number of rotatable bonds is 6. The van der Waals surface area contributed by atoms with Crippen molar-refractivity contribution in [1.82, 2.24) is 15.3 Å². The van der Waals surface area contributed by atoms with Gasteiger partial charge in [0.05, 0.1) is 18.5 Å². The maximum atomic E-state index is 13.6. The molecule has 1 N–H and O–H groups in total. The molecule has 0 spiro atoms. The lowest BCUT2D eigenvalue weighted by atomic mass is 10.2. The zero-order valence-corrected chi connectivity index (χ0v) is 13.5. The van der Waals surface area contributed by atoms with E-state index < -0.39 is 11.9 Å². The molecule has 1 amide bonds. The normalized spacial score (nSPS) is 11.8. The SMILES string of the molecule is C[C@@H](Oc1ccccc1F)C(=O)NCc1nccnc1-c1ccco1. The molecule has 1 aromatic carbocycles. The Kier molecular flexibility index (Phi) is 5.03. The molecule has 0 aliphatic rings. The van der Waals surface area contributed by atoms with Gasteiger partial charge in [0.1, 0.15) is 5.69 Å². The van der Waals surface area contributed by atoms with Gasteiger partial charge in [0.15, 0.2) is 23.4 Å². The third-order valence-corrected chi connectivity index (χ3v) is 3.47. The van der Waals surface area contributed by atoms with Gasteiger partial charge in [-0.1, -0.05) is 12.1 Å². The van der Waals surface area contributed by atoms with Gasteiger partial charge in [-0.2, -0.15) is 0 Å². The van der Waals surface area contributed by atoms with Crippen LogP contribution >= 0.6 is 0 Å². The molecule has 7 heteroatoms. The van der Waals surface area contributed by atoms with Crippen molar-refractivity contribution in [2.45, 2.75) is 19.6 Å². The molecular formula is C18H16FN3O3. The standard InChI is InChI=1S/C18H16FN3O3/c1-12(25-15-6-3-2-5-13(15)19)18(23)22-11-14-17(21-9-8-20-14)16-7-4-10-24-16/h2-10,12H,11H2,1H3,(H,22,23)/t12-/m1/s1. The molecule has 0 radical (unpaired) electrons. The quantitative estimate of drug-likeness (QED) is 0.746. The van der Waals surface area contributed by atoms with E-state index in [0.717, 1.165) is 0 Å². The van der Waals surface area contributed by atoms with E-state index in [1.54, 1.807) is 37.4 Å².